The molecule has 0 aromatic carbocycles. The Hall–Kier alpha value is -1.40. The van der Waals surface area contributed by atoms with E-state index < -0.39 is 5.54 Å². The predicted molar refractivity (Wildman–Crippen MR) is 64.8 cm³/mol. The first-order valence-corrected chi connectivity index (χ1v) is 6.08. The average Bonchev–Trinajstić information content (AvgIpc) is 3.01. The van der Waals surface area contributed by atoms with Gasteiger partial charge in [0.15, 0.2) is 0 Å². The van der Waals surface area contributed by atoms with E-state index in [0.717, 1.165) is 25.1 Å². The lowest BCUT2D eigenvalue weighted by atomic mass is 9.95. The fourth-order valence-electron chi connectivity index (χ4n) is 2.64. The SMILES string of the molecule is CNC(=O)C1(COC)CCCN1Cc1ccon1. The average molecular weight is 253 g/mol. The summed E-state index contributed by atoms with van der Waals surface area (Å²) in [5.74, 6) is 0.00495. The summed E-state index contributed by atoms with van der Waals surface area (Å²) in [6, 6.07) is 1.82. The van der Waals surface area contributed by atoms with Crippen LogP contribution in [0.4, 0.5) is 0 Å². The number of hydrogen-bond acceptors (Lipinski definition) is 5. The molecular weight excluding hydrogens is 234 g/mol. The first kappa shape index (κ1) is 13.0. The highest BCUT2D eigenvalue weighted by molar-refractivity contribution is 5.86. The standard InChI is InChI=1S/C12H19N3O3/c1-13-11(16)12(9-17-2)5-3-6-15(12)8-10-4-7-18-14-10/h4,7H,3,5-6,8-9H2,1-2H3,(H,13,16). The van der Waals surface area contributed by atoms with Gasteiger partial charge in [0.25, 0.3) is 0 Å². The summed E-state index contributed by atoms with van der Waals surface area (Å²) in [5, 5.41) is 6.64. The summed E-state index contributed by atoms with van der Waals surface area (Å²) in [6.07, 6.45) is 3.33. The number of likely N-dealkylation sites (tertiary alicyclic amines) is 1. The first-order chi connectivity index (χ1) is 8.73. The lowest BCUT2D eigenvalue weighted by Crippen LogP contribution is -2.57. The monoisotopic (exact) mass is 253 g/mol. The molecule has 1 amide bonds. The number of methoxy groups -OCH3 is 1. The number of carbonyl (C=O) groups excluding carboxylic acids is 1. The van der Waals surface area contributed by atoms with E-state index in [0.29, 0.717) is 13.2 Å². The van der Waals surface area contributed by atoms with Crippen molar-refractivity contribution >= 4 is 5.91 Å². The summed E-state index contributed by atoms with van der Waals surface area (Å²) >= 11 is 0. The summed E-state index contributed by atoms with van der Waals surface area (Å²) in [6.45, 7) is 1.86. The van der Waals surface area contributed by atoms with Crippen LogP contribution in [-0.2, 0) is 16.1 Å². The van der Waals surface area contributed by atoms with Gasteiger partial charge in [-0.3, -0.25) is 9.69 Å². The summed E-state index contributed by atoms with van der Waals surface area (Å²) in [5.41, 5.74) is 0.254. The van der Waals surface area contributed by atoms with Gasteiger partial charge in [0, 0.05) is 26.8 Å². The zero-order valence-corrected chi connectivity index (χ0v) is 10.8. The number of likely N-dealkylation sites (N-methyl/N-ethyl adjacent to an activating group) is 1. The maximum atomic E-state index is 12.2. The largest absolute Gasteiger partial charge is 0.382 e. The van der Waals surface area contributed by atoms with Gasteiger partial charge in [-0.15, -0.1) is 0 Å². The Morgan fingerprint density at radius 2 is 2.56 bits per heavy atom. The van der Waals surface area contributed by atoms with Gasteiger partial charge < -0.3 is 14.6 Å². The Bertz CT molecular complexity index is 393. The highest BCUT2D eigenvalue weighted by Crippen LogP contribution is 2.31. The Labute approximate surface area is 106 Å². The van der Waals surface area contributed by atoms with Crippen molar-refractivity contribution in [2.75, 3.05) is 27.3 Å². The maximum Gasteiger partial charge on any atom is 0.242 e. The topological polar surface area (TPSA) is 67.6 Å². The molecule has 2 rings (SSSR count). The molecule has 0 radical (unpaired) electrons. The first-order valence-electron chi connectivity index (χ1n) is 6.08. The molecule has 0 saturated carbocycles. The van der Waals surface area contributed by atoms with Crippen molar-refractivity contribution in [1.29, 1.82) is 0 Å². The molecule has 100 valence electrons. The van der Waals surface area contributed by atoms with Crippen LogP contribution in [0.25, 0.3) is 0 Å². The van der Waals surface area contributed by atoms with Crippen LogP contribution < -0.4 is 5.32 Å². The van der Waals surface area contributed by atoms with Gasteiger partial charge in [-0.25, -0.2) is 0 Å². The van der Waals surface area contributed by atoms with E-state index >= 15 is 0 Å². The van der Waals surface area contributed by atoms with E-state index in [1.165, 1.54) is 0 Å². The molecule has 1 atom stereocenters. The maximum absolute atomic E-state index is 12.2. The number of aromatic nitrogens is 1. The Balaban J connectivity index is 2.18. The molecule has 2 heterocycles. The van der Waals surface area contributed by atoms with E-state index in [-0.39, 0.29) is 5.91 Å². The van der Waals surface area contributed by atoms with Crippen molar-refractivity contribution in [3.8, 4) is 0 Å². The predicted octanol–water partition coefficient (Wildman–Crippen LogP) is 0.402. The van der Waals surface area contributed by atoms with E-state index in [4.69, 9.17) is 9.26 Å². The van der Waals surface area contributed by atoms with Gasteiger partial charge in [0.1, 0.15) is 11.8 Å². The molecule has 1 fully saturated rings. The van der Waals surface area contributed by atoms with Gasteiger partial charge in [0.2, 0.25) is 5.91 Å². The second-order valence-electron chi connectivity index (χ2n) is 4.56. The van der Waals surface area contributed by atoms with Gasteiger partial charge in [-0.1, -0.05) is 5.16 Å². The minimum absolute atomic E-state index is 0.00495. The molecule has 0 spiro atoms. The van der Waals surface area contributed by atoms with Crippen molar-refractivity contribution in [2.45, 2.75) is 24.9 Å². The minimum atomic E-state index is -0.581. The van der Waals surface area contributed by atoms with Crippen molar-refractivity contribution in [3.05, 3.63) is 18.0 Å². The van der Waals surface area contributed by atoms with Crippen LogP contribution in [0.3, 0.4) is 0 Å². The van der Waals surface area contributed by atoms with Gasteiger partial charge >= 0.3 is 0 Å². The molecule has 1 saturated heterocycles. The van der Waals surface area contributed by atoms with Crippen LogP contribution in [0.2, 0.25) is 0 Å². The van der Waals surface area contributed by atoms with Gasteiger partial charge in [-0.2, -0.15) is 0 Å². The number of nitrogens with zero attached hydrogens (tertiary/aromatic N) is 2. The van der Waals surface area contributed by atoms with Gasteiger partial charge in [0.05, 0.1) is 12.3 Å². The molecule has 1 N–H and O–H groups in total. The molecule has 1 unspecified atom stereocenters. The van der Waals surface area contributed by atoms with Crippen molar-refractivity contribution in [2.24, 2.45) is 0 Å². The molecule has 1 aromatic heterocycles. The molecule has 1 aromatic rings. The van der Waals surface area contributed by atoms with E-state index in [1.807, 2.05) is 6.07 Å². The quantitative estimate of drug-likeness (QED) is 0.822. The smallest absolute Gasteiger partial charge is 0.242 e. The molecular formula is C12H19N3O3. The molecule has 6 nitrogen and oxygen atoms in total. The third-order valence-corrected chi connectivity index (χ3v) is 3.50. The third-order valence-electron chi connectivity index (χ3n) is 3.50. The normalized spacial score (nSPS) is 24.3. The van der Waals surface area contributed by atoms with Crippen LogP contribution in [0.5, 0.6) is 0 Å². The molecule has 0 bridgehead atoms. The van der Waals surface area contributed by atoms with Crippen molar-refractivity contribution < 1.29 is 14.1 Å². The van der Waals surface area contributed by atoms with Crippen LogP contribution in [-0.4, -0.2) is 48.8 Å². The zero-order valence-electron chi connectivity index (χ0n) is 10.8. The number of hydrogen-bond donors (Lipinski definition) is 1. The van der Waals surface area contributed by atoms with E-state index in [9.17, 15) is 4.79 Å². The zero-order chi connectivity index (χ0) is 13.0. The third kappa shape index (κ3) is 2.26. The summed E-state index contributed by atoms with van der Waals surface area (Å²) in [4.78, 5) is 14.3. The second kappa shape index (κ2) is 5.49. The van der Waals surface area contributed by atoms with Crippen LogP contribution in [0.15, 0.2) is 16.9 Å². The number of carbonyl (C=O) groups is 1. The Morgan fingerprint density at radius 3 is 3.17 bits per heavy atom. The van der Waals surface area contributed by atoms with Crippen LogP contribution in [0.1, 0.15) is 18.5 Å². The second-order valence-corrected chi connectivity index (χ2v) is 4.56. The fourth-order valence-corrected chi connectivity index (χ4v) is 2.64. The Morgan fingerprint density at radius 1 is 1.72 bits per heavy atom. The molecule has 0 aliphatic carbocycles. The lowest BCUT2D eigenvalue weighted by molar-refractivity contribution is -0.135. The van der Waals surface area contributed by atoms with Crippen molar-refractivity contribution in [1.82, 2.24) is 15.4 Å². The van der Waals surface area contributed by atoms with Gasteiger partial charge in [-0.05, 0) is 19.4 Å². The molecule has 1 aliphatic heterocycles. The highest BCUT2D eigenvalue weighted by Gasteiger charge is 2.47. The number of ether oxygens (including phenoxy) is 1. The van der Waals surface area contributed by atoms with E-state index in [1.54, 1.807) is 20.4 Å². The molecule has 6 heteroatoms. The number of rotatable bonds is 5. The minimum Gasteiger partial charge on any atom is -0.382 e. The molecule has 18 heavy (non-hydrogen) atoms. The van der Waals surface area contributed by atoms with Crippen LogP contribution in [0, 0.1) is 0 Å². The van der Waals surface area contributed by atoms with E-state index in [2.05, 4.69) is 15.4 Å². The fraction of sp³-hybridized carbons (Fsp3) is 0.667. The van der Waals surface area contributed by atoms with Crippen LogP contribution >= 0.6 is 0 Å². The number of nitrogens with one attached hydrogen (secondary N) is 1. The molecule has 1 aliphatic rings. The lowest BCUT2D eigenvalue weighted by Gasteiger charge is -2.35. The highest BCUT2D eigenvalue weighted by atomic mass is 16.5. The Kier molecular flexibility index (Phi) is 3.98. The number of amides is 1. The summed E-state index contributed by atoms with van der Waals surface area (Å²) < 4.78 is 10.1. The van der Waals surface area contributed by atoms with Crippen molar-refractivity contribution in [3.63, 3.8) is 0 Å². The summed E-state index contributed by atoms with van der Waals surface area (Å²) in [7, 11) is 3.28.